The molecule has 1 N–H and O–H groups in total. The molecule has 2 aromatic carbocycles. The van der Waals surface area contributed by atoms with Gasteiger partial charge in [0.15, 0.2) is 5.16 Å². The molecule has 0 saturated carbocycles. The number of amides is 1. The molecule has 2 aromatic heterocycles. The van der Waals surface area contributed by atoms with Gasteiger partial charge < -0.3 is 5.32 Å². The topological polar surface area (TPSA) is 81.3 Å². The van der Waals surface area contributed by atoms with E-state index >= 15 is 0 Å². The molecule has 4 aromatic rings. The SMILES string of the molecule is CCCn1c(=O)c2cc(F)ccc2n2c(SCC(=O)Nc3ccccc3C(F)(F)F)nnc12. The van der Waals surface area contributed by atoms with Crippen LogP contribution in [-0.2, 0) is 17.5 Å². The number of para-hydroxylation sites is 1. The molecule has 0 aliphatic rings. The van der Waals surface area contributed by atoms with E-state index in [4.69, 9.17) is 0 Å². The third-order valence-corrected chi connectivity index (χ3v) is 5.75. The highest BCUT2D eigenvalue weighted by Gasteiger charge is 2.33. The average Bonchev–Trinajstić information content (AvgIpc) is 3.18. The lowest BCUT2D eigenvalue weighted by Gasteiger charge is -2.13. The van der Waals surface area contributed by atoms with E-state index in [-0.39, 0.29) is 27.8 Å². The molecule has 0 fully saturated rings. The molecule has 0 saturated heterocycles. The van der Waals surface area contributed by atoms with Crippen LogP contribution in [0.2, 0.25) is 0 Å². The zero-order valence-corrected chi connectivity index (χ0v) is 18.0. The Labute approximate surface area is 188 Å². The Balaban J connectivity index is 1.66. The summed E-state index contributed by atoms with van der Waals surface area (Å²) in [6.07, 6.45) is -4.00. The first kappa shape index (κ1) is 22.8. The van der Waals surface area contributed by atoms with Crippen LogP contribution < -0.4 is 10.9 Å². The minimum absolute atomic E-state index is 0.126. The summed E-state index contributed by atoms with van der Waals surface area (Å²) >= 11 is 0.936. The second-order valence-corrected chi connectivity index (χ2v) is 8.06. The van der Waals surface area contributed by atoms with Crippen molar-refractivity contribution in [1.29, 1.82) is 0 Å². The lowest BCUT2D eigenvalue weighted by Crippen LogP contribution is -2.23. The number of alkyl halides is 3. The number of hydrogen-bond donors (Lipinski definition) is 1. The van der Waals surface area contributed by atoms with Gasteiger partial charge in [0.2, 0.25) is 11.7 Å². The van der Waals surface area contributed by atoms with Gasteiger partial charge in [-0.15, -0.1) is 10.2 Å². The van der Waals surface area contributed by atoms with E-state index in [0.29, 0.717) is 18.5 Å². The van der Waals surface area contributed by atoms with E-state index in [1.165, 1.54) is 39.3 Å². The number of aryl methyl sites for hydroxylation is 1. The molecule has 0 unspecified atom stereocenters. The number of carbonyl (C=O) groups is 1. The number of rotatable bonds is 6. The van der Waals surface area contributed by atoms with E-state index in [9.17, 15) is 27.2 Å². The predicted octanol–water partition coefficient (Wildman–Crippen LogP) is 4.34. The van der Waals surface area contributed by atoms with Gasteiger partial charge >= 0.3 is 6.18 Å². The van der Waals surface area contributed by atoms with Crippen LogP contribution in [0.15, 0.2) is 52.4 Å². The number of fused-ring (bicyclic) bond motifs is 3. The molecule has 2 heterocycles. The molecule has 1 amide bonds. The van der Waals surface area contributed by atoms with Crippen molar-refractivity contribution in [2.45, 2.75) is 31.2 Å². The molecular weight excluding hydrogens is 462 g/mol. The lowest BCUT2D eigenvalue weighted by molar-refractivity contribution is -0.137. The molecule has 4 rings (SSSR count). The van der Waals surface area contributed by atoms with Crippen LogP contribution in [0.5, 0.6) is 0 Å². The highest BCUT2D eigenvalue weighted by atomic mass is 32.2. The first-order valence-electron chi connectivity index (χ1n) is 9.86. The van der Waals surface area contributed by atoms with Crippen molar-refractivity contribution in [3.63, 3.8) is 0 Å². The fourth-order valence-electron chi connectivity index (χ4n) is 3.43. The summed E-state index contributed by atoms with van der Waals surface area (Å²) < 4.78 is 56.2. The number of halogens is 4. The molecule has 0 bridgehead atoms. The maximum atomic E-state index is 13.8. The number of nitrogens with one attached hydrogen (secondary N) is 1. The van der Waals surface area contributed by atoms with Crippen molar-refractivity contribution in [1.82, 2.24) is 19.2 Å². The van der Waals surface area contributed by atoms with Gasteiger partial charge in [0.05, 0.1) is 27.9 Å². The Hall–Kier alpha value is -3.41. The molecule has 12 heteroatoms. The number of anilines is 1. The molecule has 0 aliphatic heterocycles. The minimum atomic E-state index is -4.61. The van der Waals surface area contributed by atoms with E-state index in [1.54, 1.807) is 0 Å². The van der Waals surface area contributed by atoms with Gasteiger partial charge in [-0.2, -0.15) is 13.2 Å². The summed E-state index contributed by atoms with van der Waals surface area (Å²) in [5, 5.41) is 10.7. The standard InChI is InChI=1S/C21H17F4N5O2S/c1-2-9-29-18(32)13-10-12(22)7-8-16(13)30-19(29)27-28-20(30)33-11-17(31)26-15-6-4-3-5-14(15)21(23,24)25/h3-8,10H,2,9,11H2,1H3,(H,26,31). The van der Waals surface area contributed by atoms with Crippen LogP contribution in [0, 0.1) is 5.82 Å². The van der Waals surface area contributed by atoms with Gasteiger partial charge in [-0.25, -0.2) is 4.39 Å². The Kier molecular flexibility index (Phi) is 6.11. The Morgan fingerprint density at radius 3 is 2.64 bits per heavy atom. The molecular formula is C21H17F4N5O2S. The molecule has 7 nitrogen and oxygen atoms in total. The summed E-state index contributed by atoms with van der Waals surface area (Å²) in [6.45, 7) is 2.19. The van der Waals surface area contributed by atoms with Crippen molar-refractivity contribution < 1.29 is 22.4 Å². The molecule has 0 spiro atoms. The van der Waals surface area contributed by atoms with Gasteiger partial charge in [0.1, 0.15) is 5.82 Å². The second kappa shape index (κ2) is 8.85. The average molecular weight is 479 g/mol. The third kappa shape index (κ3) is 4.42. The number of hydrogen-bond acceptors (Lipinski definition) is 5. The first-order valence-corrected chi connectivity index (χ1v) is 10.9. The van der Waals surface area contributed by atoms with E-state index in [1.807, 2.05) is 6.92 Å². The second-order valence-electron chi connectivity index (χ2n) is 7.12. The third-order valence-electron chi connectivity index (χ3n) is 4.82. The molecule has 0 aliphatic carbocycles. The van der Waals surface area contributed by atoms with Crippen molar-refractivity contribution in [3.8, 4) is 0 Å². The number of aromatic nitrogens is 4. The van der Waals surface area contributed by atoms with Crippen molar-refractivity contribution in [3.05, 3.63) is 64.2 Å². The molecule has 33 heavy (non-hydrogen) atoms. The monoisotopic (exact) mass is 479 g/mol. The largest absolute Gasteiger partial charge is 0.418 e. The lowest BCUT2D eigenvalue weighted by atomic mass is 10.1. The Morgan fingerprint density at radius 2 is 1.91 bits per heavy atom. The van der Waals surface area contributed by atoms with Crippen LogP contribution in [0.4, 0.5) is 23.2 Å². The Morgan fingerprint density at radius 1 is 1.15 bits per heavy atom. The van der Waals surface area contributed by atoms with E-state index in [0.717, 1.165) is 23.9 Å². The maximum absolute atomic E-state index is 13.8. The van der Waals surface area contributed by atoms with E-state index < -0.39 is 29.0 Å². The highest BCUT2D eigenvalue weighted by molar-refractivity contribution is 7.99. The maximum Gasteiger partial charge on any atom is 0.418 e. The number of carbonyl (C=O) groups excluding carboxylic acids is 1. The van der Waals surface area contributed by atoms with Crippen LogP contribution in [0.3, 0.4) is 0 Å². The minimum Gasteiger partial charge on any atom is -0.325 e. The van der Waals surface area contributed by atoms with Crippen LogP contribution in [0.1, 0.15) is 18.9 Å². The molecule has 172 valence electrons. The first-order chi connectivity index (χ1) is 15.7. The Bertz CT molecular complexity index is 1410. The molecule has 0 radical (unpaired) electrons. The highest BCUT2D eigenvalue weighted by Crippen LogP contribution is 2.34. The van der Waals surface area contributed by atoms with Crippen molar-refractivity contribution >= 4 is 40.0 Å². The summed E-state index contributed by atoms with van der Waals surface area (Å²) in [7, 11) is 0. The zero-order valence-electron chi connectivity index (χ0n) is 17.2. The molecule has 0 atom stereocenters. The normalized spacial score (nSPS) is 11.9. The summed E-state index contributed by atoms with van der Waals surface area (Å²) in [5.74, 6) is -1.29. The number of benzene rings is 2. The fraction of sp³-hybridized carbons (Fsp3) is 0.238. The van der Waals surface area contributed by atoms with E-state index in [2.05, 4.69) is 15.5 Å². The van der Waals surface area contributed by atoms with Crippen LogP contribution in [0.25, 0.3) is 16.7 Å². The van der Waals surface area contributed by atoms with Crippen molar-refractivity contribution in [2.24, 2.45) is 0 Å². The van der Waals surface area contributed by atoms with Gasteiger partial charge in [-0.1, -0.05) is 30.8 Å². The number of thioether (sulfide) groups is 1. The quantitative estimate of drug-likeness (QED) is 0.329. The van der Waals surface area contributed by atoms with Crippen LogP contribution in [-0.4, -0.2) is 30.8 Å². The van der Waals surface area contributed by atoms with Gasteiger partial charge in [0, 0.05) is 6.54 Å². The summed E-state index contributed by atoms with van der Waals surface area (Å²) in [4.78, 5) is 25.2. The predicted molar refractivity (Wildman–Crippen MR) is 116 cm³/mol. The van der Waals surface area contributed by atoms with Gasteiger partial charge in [-0.05, 0) is 36.8 Å². The van der Waals surface area contributed by atoms with Crippen LogP contribution >= 0.6 is 11.8 Å². The summed E-state index contributed by atoms with van der Waals surface area (Å²) in [6, 6.07) is 8.42. The summed E-state index contributed by atoms with van der Waals surface area (Å²) in [5.41, 5.74) is -1.35. The van der Waals surface area contributed by atoms with Gasteiger partial charge in [-0.3, -0.25) is 18.6 Å². The zero-order chi connectivity index (χ0) is 23.8. The fourth-order valence-corrected chi connectivity index (χ4v) is 4.17. The number of nitrogens with zero attached hydrogens (tertiary/aromatic N) is 4. The van der Waals surface area contributed by atoms with Crippen molar-refractivity contribution in [2.75, 3.05) is 11.1 Å². The smallest absolute Gasteiger partial charge is 0.325 e. The van der Waals surface area contributed by atoms with Gasteiger partial charge in [0.25, 0.3) is 5.56 Å².